The fourth-order valence-electron chi connectivity index (χ4n) is 4.94. The summed E-state index contributed by atoms with van der Waals surface area (Å²) in [6, 6.07) is 4.00. The Morgan fingerprint density at radius 3 is 2.15 bits per heavy atom. The topological polar surface area (TPSA) is 120 Å². The van der Waals surface area contributed by atoms with Crippen LogP contribution in [-0.2, 0) is 25.7 Å². The van der Waals surface area contributed by atoms with Gasteiger partial charge in [-0.25, -0.2) is 9.59 Å². The van der Waals surface area contributed by atoms with Crippen LogP contribution in [0.15, 0.2) is 24.5 Å². The highest BCUT2D eigenvalue weighted by atomic mass is 19.4. The summed E-state index contributed by atoms with van der Waals surface area (Å²) in [5.41, 5.74) is 0.963. The van der Waals surface area contributed by atoms with E-state index in [1.54, 1.807) is 6.20 Å². The lowest BCUT2D eigenvalue weighted by Gasteiger charge is -2.29. The molecule has 0 unspecified atom stereocenters. The van der Waals surface area contributed by atoms with Gasteiger partial charge in [-0.05, 0) is 42.7 Å². The molecule has 9 nitrogen and oxygen atoms in total. The predicted molar refractivity (Wildman–Crippen MR) is 123 cm³/mol. The van der Waals surface area contributed by atoms with Crippen molar-refractivity contribution in [2.24, 2.45) is 17.3 Å². The molecule has 4 rings (SSSR count). The Morgan fingerprint density at radius 1 is 1.10 bits per heavy atom. The number of aromatic nitrogens is 1. The number of hydrogen-bond acceptors (Lipinski definition) is 6. The van der Waals surface area contributed by atoms with E-state index in [4.69, 9.17) is 24.5 Å². The first-order valence-corrected chi connectivity index (χ1v) is 12.1. The Hall–Kier alpha value is -2.94. The Bertz CT molecular complexity index is 947. The van der Waals surface area contributed by atoms with E-state index in [0.29, 0.717) is 18.4 Å². The number of hydrogen-bond donors (Lipinski definition) is 2. The molecule has 1 spiro atoms. The van der Waals surface area contributed by atoms with Crippen molar-refractivity contribution in [3.63, 3.8) is 0 Å². The minimum absolute atomic E-state index is 0.159. The summed E-state index contributed by atoms with van der Waals surface area (Å²) in [5, 5.41) is 14.2. The number of carboxylic acid groups (broad SMARTS) is 2. The van der Waals surface area contributed by atoms with Crippen LogP contribution in [0.2, 0.25) is 0 Å². The highest BCUT2D eigenvalue weighted by molar-refractivity contribution is 5.86. The van der Waals surface area contributed by atoms with Gasteiger partial charge in [0.15, 0.2) is 0 Å². The summed E-state index contributed by atoms with van der Waals surface area (Å²) in [6.45, 7) is 8.77. The Morgan fingerprint density at radius 2 is 1.67 bits per heavy atom. The van der Waals surface area contributed by atoms with Crippen LogP contribution < -0.4 is 0 Å². The molecular formula is C24H31F6N3O6. The van der Waals surface area contributed by atoms with Crippen molar-refractivity contribution in [1.29, 1.82) is 0 Å². The molecule has 0 saturated carbocycles. The molecule has 4 heterocycles. The fraction of sp³-hybridized carbons (Fsp3) is 0.667. The van der Waals surface area contributed by atoms with Gasteiger partial charge in [0, 0.05) is 58.3 Å². The van der Waals surface area contributed by atoms with Gasteiger partial charge in [-0.3, -0.25) is 9.78 Å². The Balaban J connectivity index is 0.000000317. The second-order valence-electron chi connectivity index (χ2n) is 9.75. The molecule has 0 radical (unpaired) electrons. The van der Waals surface area contributed by atoms with E-state index in [0.717, 1.165) is 57.3 Å². The number of ether oxygens (including phenoxy) is 1. The number of nitrogens with zero attached hydrogens (tertiary/aromatic N) is 3. The zero-order chi connectivity index (χ0) is 29.4. The highest BCUT2D eigenvalue weighted by Crippen LogP contribution is 2.45. The molecular weight excluding hydrogens is 540 g/mol. The van der Waals surface area contributed by atoms with Crippen LogP contribution in [0.1, 0.15) is 31.7 Å². The van der Waals surface area contributed by atoms with Gasteiger partial charge >= 0.3 is 24.3 Å². The van der Waals surface area contributed by atoms with Gasteiger partial charge in [-0.2, -0.15) is 26.3 Å². The fourth-order valence-corrected chi connectivity index (χ4v) is 4.94. The summed E-state index contributed by atoms with van der Waals surface area (Å²) in [5.74, 6) is -3.98. The lowest BCUT2D eigenvalue weighted by Crippen LogP contribution is -2.40. The molecule has 3 saturated heterocycles. The molecule has 0 aliphatic carbocycles. The third kappa shape index (κ3) is 9.34. The summed E-state index contributed by atoms with van der Waals surface area (Å²) in [6.07, 6.45) is -3.19. The smallest absolute Gasteiger partial charge is 0.475 e. The first-order chi connectivity index (χ1) is 18.1. The first kappa shape index (κ1) is 32.3. The van der Waals surface area contributed by atoms with Crippen LogP contribution in [0.5, 0.6) is 0 Å². The SMILES string of the molecule is C[C@H]1CN(CC2CCOCC2)C[C@@]12CCN(Cc1cccnc1)C2=O.O=C(O)C(F)(F)F.O=C(O)C(F)(F)F. The molecule has 3 fully saturated rings. The van der Waals surface area contributed by atoms with Gasteiger partial charge in [-0.1, -0.05) is 13.0 Å². The van der Waals surface area contributed by atoms with Crippen molar-refractivity contribution in [2.75, 3.05) is 39.4 Å². The third-order valence-corrected chi connectivity index (χ3v) is 6.96. The minimum Gasteiger partial charge on any atom is -0.475 e. The van der Waals surface area contributed by atoms with Crippen molar-refractivity contribution >= 4 is 17.8 Å². The number of carbonyl (C=O) groups is 3. The Labute approximate surface area is 220 Å². The molecule has 39 heavy (non-hydrogen) atoms. The molecule has 220 valence electrons. The number of amides is 1. The van der Waals surface area contributed by atoms with E-state index in [-0.39, 0.29) is 5.41 Å². The molecule has 1 amide bonds. The van der Waals surface area contributed by atoms with Crippen LogP contribution in [-0.4, -0.2) is 94.6 Å². The predicted octanol–water partition coefficient (Wildman–Crippen LogP) is 3.45. The molecule has 2 atom stereocenters. The van der Waals surface area contributed by atoms with E-state index < -0.39 is 24.3 Å². The van der Waals surface area contributed by atoms with Crippen molar-refractivity contribution in [3.8, 4) is 0 Å². The average Bonchev–Trinajstić information content (AvgIpc) is 3.33. The third-order valence-electron chi connectivity index (χ3n) is 6.96. The lowest BCUT2D eigenvalue weighted by atomic mass is 9.78. The van der Waals surface area contributed by atoms with Crippen molar-refractivity contribution < 1.29 is 55.7 Å². The number of halogens is 6. The van der Waals surface area contributed by atoms with Crippen LogP contribution in [0, 0.1) is 17.3 Å². The molecule has 1 aromatic rings. The molecule has 2 N–H and O–H groups in total. The second-order valence-corrected chi connectivity index (χ2v) is 9.75. The maximum atomic E-state index is 13.2. The maximum Gasteiger partial charge on any atom is 0.490 e. The number of carboxylic acids is 2. The summed E-state index contributed by atoms with van der Waals surface area (Å²) >= 11 is 0. The number of carbonyl (C=O) groups excluding carboxylic acids is 1. The van der Waals surface area contributed by atoms with Gasteiger partial charge in [-0.15, -0.1) is 0 Å². The molecule has 0 bridgehead atoms. The zero-order valence-corrected chi connectivity index (χ0v) is 21.2. The second kappa shape index (κ2) is 13.4. The molecule has 0 aromatic carbocycles. The van der Waals surface area contributed by atoms with Crippen LogP contribution >= 0.6 is 0 Å². The number of pyridine rings is 1. The van der Waals surface area contributed by atoms with Crippen molar-refractivity contribution in [3.05, 3.63) is 30.1 Å². The number of likely N-dealkylation sites (tertiary alicyclic amines) is 2. The van der Waals surface area contributed by atoms with E-state index >= 15 is 0 Å². The van der Waals surface area contributed by atoms with Gasteiger partial charge in [0.25, 0.3) is 0 Å². The minimum atomic E-state index is -5.08. The van der Waals surface area contributed by atoms with Crippen molar-refractivity contribution in [2.45, 2.75) is 45.1 Å². The number of aliphatic carboxylic acids is 2. The van der Waals surface area contributed by atoms with E-state index in [2.05, 4.69) is 22.9 Å². The van der Waals surface area contributed by atoms with E-state index in [1.165, 1.54) is 12.8 Å². The van der Waals surface area contributed by atoms with Gasteiger partial charge in [0.05, 0.1) is 5.41 Å². The van der Waals surface area contributed by atoms with Crippen LogP contribution in [0.25, 0.3) is 0 Å². The van der Waals surface area contributed by atoms with Crippen LogP contribution in [0.4, 0.5) is 26.3 Å². The van der Waals surface area contributed by atoms with Gasteiger partial charge in [0.2, 0.25) is 5.91 Å². The molecule has 15 heteroatoms. The summed E-state index contributed by atoms with van der Waals surface area (Å²) in [7, 11) is 0. The Kier molecular flexibility index (Phi) is 11.1. The lowest BCUT2D eigenvalue weighted by molar-refractivity contribution is -0.193. The van der Waals surface area contributed by atoms with E-state index in [9.17, 15) is 31.1 Å². The largest absolute Gasteiger partial charge is 0.490 e. The summed E-state index contributed by atoms with van der Waals surface area (Å²) in [4.78, 5) is 39.8. The maximum absolute atomic E-state index is 13.2. The number of rotatable bonds is 4. The van der Waals surface area contributed by atoms with Crippen LogP contribution in [0.3, 0.4) is 0 Å². The van der Waals surface area contributed by atoms with E-state index in [1.807, 2.05) is 17.2 Å². The first-order valence-electron chi connectivity index (χ1n) is 12.1. The molecule has 3 aliphatic rings. The average molecular weight is 572 g/mol. The van der Waals surface area contributed by atoms with Gasteiger partial charge in [0.1, 0.15) is 0 Å². The number of alkyl halides is 6. The highest BCUT2D eigenvalue weighted by Gasteiger charge is 2.54. The van der Waals surface area contributed by atoms with Crippen molar-refractivity contribution in [1.82, 2.24) is 14.8 Å². The normalized spacial score (nSPS) is 24.1. The quantitative estimate of drug-likeness (QED) is 0.528. The zero-order valence-electron chi connectivity index (χ0n) is 21.2. The molecule has 1 aromatic heterocycles. The monoisotopic (exact) mass is 571 g/mol. The van der Waals surface area contributed by atoms with Gasteiger partial charge < -0.3 is 24.7 Å². The standard InChI is InChI=1S/C20H29N3O2.2C2HF3O2/c1-16-12-22(13-17-4-9-25-10-5-17)15-20(16)6-8-23(19(20)24)14-18-3-2-7-21-11-18;2*3-2(4,5)1(6)7/h2-3,7,11,16-17H,4-6,8-10,12-15H2,1H3;2*(H,6,7)/t16-,20-;;/m0../s1. The summed E-state index contributed by atoms with van der Waals surface area (Å²) < 4.78 is 69.0. The molecule has 3 aliphatic heterocycles.